The SMILES string of the molecule is Cc1cc(C[C@@H](C)NC(=O)Nc2ccc([N+](=O)[O-])cc2C)n[nH]1. The topological polar surface area (TPSA) is 113 Å². The number of amides is 2. The van der Waals surface area contributed by atoms with E-state index in [1.165, 1.54) is 18.2 Å². The van der Waals surface area contributed by atoms with Crippen LogP contribution in [-0.2, 0) is 6.42 Å². The molecule has 0 saturated heterocycles. The number of nitro groups is 1. The Labute approximate surface area is 133 Å². The van der Waals surface area contributed by atoms with E-state index in [2.05, 4.69) is 20.8 Å². The van der Waals surface area contributed by atoms with Crippen molar-refractivity contribution in [3.05, 3.63) is 51.3 Å². The molecule has 3 N–H and O–H groups in total. The minimum absolute atomic E-state index is 0.00396. The smallest absolute Gasteiger partial charge is 0.319 e. The maximum absolute atomic E-state index is 12.0. The average Bonchev–Trinajstić information content (AvgIpc) is 2.85. The standard InChI is InChI=1S/C15H19N5O3/c1-9-6-13(20(22)23)4-5-14(9)17-15(21)16-10(2)7-12-8-11(3)18-19-12/h4-6,8,10H,7H2,1-3H3,(H,18,19)(H2,16,17,21)/t10-/m1/s1. The van der Waals surface area contributed by atoms with Gasteiger partial charge in [-0.05, 0) is 38.5 Å². The quantitative estimate of drug-likeness (QED) is 0.581. The fourth-order valence-corrected chi connectivity index (χ4v) is 2.23. The molecule has 23 heavy (non-hydrogen) atoms. The predicted octanol–water partition coefficient (Wildman–Crippen LogP) is 2.69. The van der Waals surface area contributed by atoms with Crippen molar-refractivity contribution in [2.75, 3.05) is 5.32 Å². The summed E-state index contributed by atoms with van der Waals surface area (Å²) in [6.45, 7) is 5.50. The highest BCUT2D eigenvalue weighted by atomic mass is 16.6. The number of benzene rings is 1. The summed E-state index contributed by atoms with van der Waals surface area (Å²) in [6.07, 6.45) is 0.608. The van der Waals surface area contributed by atoms with Crippen LogP contribution in [0.5, 0.6) is 0 Å². The van der Waals surface area contributed by atoms with Crippen molar-refractivity contribution in [2.24, 2.45) is 0 Å². The first kappa shape index (κ1) is 16.5. The third-order valence-corrected chi connectivity index (χ3v) is 3.32. The number of hydrogen-bond acceptors (Lipinski definition) is 4. The van der Waals surface area contributed by atoms with E-state index in [-0.39, 0.29) is 17.8 Å². The maximum atomic E-state index is 12.0. The van der Waals surface area contributed by atoms with E-state index in [4.69, 9.17) is 0 Å². The van der Waals surface area contributed by atoms with Crippen LogP contribution in [0.2, 0.25) is 0 Å². The van der Waals surface area contributed by atoms with E-state index >= 15 is 0 Å². The lowest BCUT2D eigenvalue weighted by atomic mass is 10.1. The zero-order chi connectivity index (χ0) is 17.0. The molecule has 8 heteroatoms. The Morgan fingerprint density at radius 3 is 2.70 bits per heavy atom. The van der Waals surface area contributed by atoms with Crippen LogP contribution in [0.4, 0.5) is 16.2 Å². The van der Waals surface area contributed by atoms with Crippen LogP contribution in [0.1, 0.15) is 23.9 Å². The number of H-pyrrole nitrogens is 1. The number of carbonyl (C=O) groups is 1. The molecular weight excluding hydrogens is 298 g/mol. The first-order chi connectivity index (χ1) is 10.8. The zero-order valence-corrected chi connectivity index (χ0v) is 13.2. The molecule has 0 spiro atoms. The molecule has 1 aromatic heterocycles. The molecule has 1 atom stereocenters. The van der Waals surface area contributed by atoms with Crippen LogP contribution >= 0.6 is 0 Å². The Morgan fingerprint density at radius 2 is 2.13 bits per heavy atom. The molecule has 0 bridgehead atoms. The number of rotatable bonds is 5. The van der Waals surface area contributed by atoms with Gasteiger partial charge < -0.3 is 10.6 Å². The molecule has 0 aliphatic heterocycles. The summed E-state index contributed by atoms with van der Waals surface area (Å²) in [5.41, 5.74) is 3.01. The van der Waals surface area contributed by atoms with Gasteiger partial charge in [0.25, 0.3) is 5.69 Å². The van der Waals surface area contributed by atoms with E-state index in [1.54, 1.807) is 6.92 Å². The summed E-state index contributed by atoms with van der Waals surface area (Å²) in [6, 6.07) is 5.77. The minimum Gasteiger partial charge on any atom is -0.335 e. The number of hydrogen-bond donors (Lipinski definition) is 3. The number of aromatic nitrogens is 2. The van der Waals surface area contributed by atoms with Crippen LogP contribution < -0.4 is 10.6 Å². The molecule has 122 valence electrons. The Kier molecular flexibility index (Phi) is 4.95. The van der Waals surface area contributed by atoms with Gasteiger partial charge in [0.2, 0.25) is 0 Å². The zero-order valence-electron chi connectivity index (χ0n) is 13.2. The largest absolute Gasteiger partial charge is 0.335 e. The summed E-state index contributed by atoms with van der Waals surface area (Å²) in [7, 11) is 0. The average molecular weight is 317 g/mol. The van der Waals surface area contributed by atoms with Gasteiger partial charge in [0.1, 0.15) is 0 Å². The Morgan fingerprint density at radius 1 is 1.39 bits per heavy atom. The number of aromatic amines is 1. The summed E-state index contributed by atoms with van der Waals surface area (Å²) >= 11 is 0. The third kappa shape index (κ3) is 4.53. The molecule has 8 nitrogen and oxygen atoms in total. The van der Waals surface area contributed by atoms with Crippen LogP contribution in [-0.4, -0.2) is 27.2 Å². The van der Waals surface area contributed by atoms with Gasteiger partial charge in [0.05, 0.1) is 10.6 Å². The van der Waals surface area contributed by atoms with Crippen molar-refractivity contribution in [1.82, 2.24) is 15.5 Å². The molecule has 0 aliphatic carbocycles. The van der Waals surface area contributed by atoms with Crippen LogP contribution in [0.3, 0.4) is 0 Å². The van der Waals surface area contributed by atoms with E-state index in [9.17, 15) is 14.9 Å². The van der Waals surface area contributed by atoms with Gasteiger partial charge in [0, 0.05) is 36.0 Å². The summed E-state index contributed by atoms with van der Waals surface area (Å²) in [5, 5.41) is 23.2. The molecule has 1 aromatic carbocycles. The number of aryl methyl sites for hydroxylation is 2. The molecule has 0 fully saturated rings. The molecular formula is C15H19N5O3. The number of urea groups is 1. The summed E-state index contributed by atoms with van der Waals surface area (Å²) < 4.78 is 0. The highest BCUT2D eigenvalue weighted by Gasteiger charge is 2.13. The lowest BCUT2D eigenvalue weighted by Crippen LogP contribution is -2.37. The van der Waals surface area contributed by atoms with Gasteiger partial charge in [-0.2, -0.15) is 5.10 Å². The van der Waals surface area contributed by atoms with Crippen molar-refractivity contribution in [2.45, 2.75) is 33.2 Å². The van der Waals surface area contributed by atoms with Crippen molar-refractivity contribution in [1.29, 1.82) is 0 Å². The molecule has 0 unspecified atom stereocenters. The van der Waals surface area contributed by atoms with E-state index in [1.807, 2.05) is 19.9 Å². The first-order valence-electron chi connectivity index (χ1n) is 7.18. The molecule has 0 saturated carbocycles. The predicted molar refractivity (Wildman–Crippen MR) is 86.5 cm³/mol. The van der Waals surface area contributed by atoms with Crippen molar-refractivity contribution >= 4 is 17.4 Å². The highest BCUT2D eigenvalue weighted by Crippen LogP contribution is 2.21. The highest BCUT2D eigenvalue weighted by molar-refractivity contribution is 5.90. The number of non-ortho nitro benzene ring substituents is 1. The lowest BCUT2D eigenvalue weighted by molar-refractivity contribution is -0.384. The van der Waals surface area contributed by atoms with Crippen molar-refractivity contribution < 1.29 is 9.72 Å². The second-order valence-electron chi connectivity index (χ2n) is 5.50. The first-order valence-corrected chi connectivity index (χ1v) is 7.18. The second kappa shape index (κ2) is 6.91. The molecule has 0 aliphatic rings. The van der Waals surface area contributed by atoms with Gasteiger partial charge in [0.15, 0.2) is 0 Å². The number of nitro benzene ring substituents is 1. The van der Waals surface area contributed by atoms with Gasteiger partial charge in [-0.3, -0.25) is 15.2 Å². The van der Waals surface area contributed by atoms with Crippen molar-refractivity contribution in [3.63, 3.8) is 0 Å². The third-order valence-electron chi connectivity index (χ3n) is 3.32. The number of nitrogens with one attached hydrogen (secondary N) is 3. The van der Waals surface area contributed by atoms with Crippen LogP contribution in [0.25, 0.3) is 0 Å². The van der Waals surface area contributed by atoms with Gasteiger partial charge >= 0.3 is 6.03 Å². The van der Waals surface area contributed by atoms with Crippen molar-refractivity contribution in [3.8, 4) is 0 Å². The molecule has 1 heterocycles. The fourth-order valence-electron chi connectivity index (χ4n) is 2.23. The van der Waals surface area contributed by atoms with Gasteiger partial charge in [-0.1, -0.05) is 0 Å². The van der Waals surface area contributed by atoms with E-state index in [0.29, 0.717) is 17.7 Å². The Balaban J connectivity index is 1.92. The second-order valence-corrected chi connectivity index (χ2v) is 5.50. The monoisotopic (exact) mass is 317 g/mol. The number of anilines is 1. The van der Waals surface area contributed by atoms with Gasteiger partial charge in [-0.25, -0.2) is 4.79 Å². The van der Waals surface area contributed by atoms with E-state index in [0.717, 1.165) is 11.4 Å². The fraction of sp³-hybridized carbons (Fsp3) is 0.333. The normalized spacial score (nSPS) is 11.8. The van der Waals surface area contributed by atoms with Gasteiger partial charge in [-0.15, -0.1) is 0 Å². The minimum atomic E-state index is -0.467. The van der Waals surface area contributed by atoms with Crippen LogP contribution in [0, 0.1) is 24.0 Å². The Bertz CT molecular complexity index is 726. The molecule has 0 radical (unpaired) electrons. The molecule has 2 aromatic rings. The Hall–Kier alpha value is -2.90. The van der Waals surface area contributed by atoms with Crippen LogP contribution in [0.15, 0.2) is 24.3 Å². The number of nitrogens with zero attached hydrogens (tertiary/aromatic N) is 2. The van der Waals surface area contributed by atoms with E-state index < -0.39 is 4.92 Å². The maximum Gasteiger partial charge on any atom is 0.319 e. The summed E-state index contributed by atoms with van der Waals surface area (Å²) in [4.78, 5) is 22.2. The molecule has 2 amide bonds. The lowest BCUT2D eigenvalue weighted by Gasteiger charge is -2.14. The molecule has 2 rings (SSSR count). The summed E-state index contributed by atoms with van der Waals surface area (Å²) in [5.74, 6) is 0. The number of carbonyl (C=O) groups excluding carboxylic acids is 1.